The van der Waals surface area contributed by atoms with Crippen LogP contribution in [0.15, 0.2) is 28.7 Å². The van der Waals surface area contributed by atoms with Crippen molar-refractivity contribution in [2.45, 2.75) is 32.9 Å². The molecular formula is C14H22BrClN2O. The second-order valence-electron chi connectivity index (χ2n) is 4.82. The van der Waals surface area contributed by atoms with Gasteiger partial charge in [0.15, 0.2) is 0 Å². The molecule has 5 heteroatoms. The van der Waals surface area contributed by atoms with Crippen LogP contribution in [0.2, 0.25) is 0 Å². The molecule has 1 aromatic carbocycles. The van der Waals surface area contributed by atoms with E-state index >= 15 is 0 Å². The van der Waals surface area contributed by atoms with Gasteiger partial charge in [-0.25, -0.2) is 0 Å². The largest absolute Gasteiger partial charge is 0.351 e. The van der Waals surface area contributed by atoms with Gasteiger partial charge in [-0.1, -0.05) is 41.9 Å². The van der Waals surface area contributed by atoms with Crippen molar-refractivity contribution >= 4 is 34.2 Å². The van der Waals surface area contributed by atoms with Gasteiger partial charge >= 0.3 is 0 Å². The molecule has 1 aromatic rings. The fraction of sp³-hybridized carbons (Fsp3) is 0.500. The second kappa shape index (κ2) is 9.34. The molecule has 0 heterocycles. The molecule has 0 saturated heterocycles. The summed E-state index contributed by atoms with van der Waals surface area (Å²) in [6.45, 7) is 4.81. The van der Waals surface area contributed by atoms with Crippen molar-refractivity contribution in [1.29, 1.82) is 0 Å². The Balaban J connectivity index is 0.00000324. The minimum atomic E-state index is -0.111. The molecule has 0 spiro atoms. The van der Waals surface area contributed by atoms with Crippen LogP contribution in [0.4, 0.5) is 0 Å². The predicted molar refractivity (Wildman–Crippen MR) is 85.5 cm³/mol. The van der Waals surface area contributed by atoms with Crippen LogP contribution in [-0.4, -0.2) is 19.0 Å². The Morgan fingerprint density at radius 3 is 2.32 bits per heavy atom. The van der Waals surface area contributed by atoms with Gasteiger partial charge in [0.25, 0.3) is 0 Å². The molecule has 3 nitrogen and oxygen atoms in total. The van der Waals surface area contributed by atoms with Gasteiger partial charge in [-0.2, -0.15) is 0 Å². The van der Waals surface area contributed by atoms with Crippen molar-refractivity contribution < 1.29 is 4.79 Å². The van der Waals surface area contributed by atoms with Gasteiger partial charge in [0.1, 0.15) is 0 Å². The highest BCUT2D eigenvalue weighted by Gasteiger charge is 2.16. The van der Waals surface area contributed by atoms with Gasteiger partial charge < -0.3 is 10.6 Å². The van der Waals surface area contributed by atoms with Crippen molar-refractivity contribution in [3.05, 3.63) is 34.3 Å². The fourth-order valence-corrected chi connectivity index (χ4v) is 2.01. The molecule has 0 aromatic heterocycles. The Morgan fingerprint density at radius 1 is 1.26 bits per heavy atom. The van der Waals surface area contributed by atoms with E-state index in [0.29, 0.717) is 12.5 Å². The van der Waals surface area contributed by atoms with E-state index in [-0.39, 0.29) is 24.4 Å². The summed E-state index contributed by atoms with van der Waals surface area (Å²) in [4.78, 5) is 12.0. The van der Waals surface area contributed by atoms with Gasteiger partial charge in [-0.3, -0.25) is 4.79 Å². The van der Waals surface area contributed by atoms with E-state index in [1.165, 1.54) is 0 Å². The number of nitrogens with one attached hydrogen (secondary N) is 2. The summed E-state index contributed by atoms with van der Waals surface area (Å²) in [5.41, 5.74) is 1.10. The summed E-state index contributed by atoms with van der Waals surface area (Å²) in [7, 11) is 1.83. The lowest BCUT2D eigenvalue weighted by Crippen LogP contribution is -2.43. The number of hydrogen-bond donors (Lipinski definition) is 2. The lowest BCUT2D eigenvalue weighted by atomic mass is 10.0. The first kappa shape index (κ1) is 18.4. The molecule has 1 amide bonds. The van der Waals surface area contributed by atoms with E-state index in [1.807, 2.05) is 31.3 Å². The van der Waals surface area contributed by atoms with Crippen LogP contribution in [0.1, 0.15) is 25.8 Å². The molecule has 0 aliphatic heterocycles. The van der Waals surface area contributed by atoms with Crippen LogP contribution in [0.3, 0.4) is 0 Å². The number of hydrogen-bond acceptors (Lipinski definition) is 2. The van der Waals surface area contributed by atoms with Crippen LogP contribution in [-0.2, 0) is 11.3 Å². The van der Waals surface area contributed by atoms with Crippen molar-refractivity contribution in [3.8, 4) is 0 Å². The zero-order chi connectivity index (χ0) is 13.5. The fourth-order valence-electron chi connectivity index (χ4n) is 1.74. The Bertz CT molecular complexity index is 382. The van der Waals surface area contributed by atoms with Crippen molar-refractivity contribution in [3.63, 3.8) is 0 Å². The summed E-state index contributed by atoms with van der Waals surface area (Å²) in [5.74, 6) is 0.565. The quantitative estimate of drug-likeness (QED) is 0.828. The van der Waals surface area contributed by atoms with E-state index < -0.39 is 0 Å². The Labute approximate surface area is 130 Å². The maximum Gasteiger partial charge on any atom is 0.237 e. The molecule has 0 aliphatic carbocycles. The van der Waals surface area contributed by atoms with E-state index in [1.54, 1.807) is 0 Å². The number of carbonyl (C=O) groups is 1. The van der Waals surface area contributed by atoms with Gasteiger partial charge in [0, 0.05) is 11.0 Å². The maximum absolute atomic E-state index is 12.0. The lowest BCUT2D eigenvalue weighted by Gasteiger charge is -2.17. The molecule has 1 rings (SSSR count). The van der Waals surface area contributed by atoms with E-state index in [4.69, 9.17) is 0 Å². The molecule has 1 unspecified atom stereocenters. The summed E-state index contributed by atoms with van der Waals surface area (Å²) >= 11 is 3.39. The van der Waals surface area contributed by atoms with Crippen LogP contribution < -0.4 is 10.6 Å². The Kier molecular flexibility index (Phi) is 9.06. The summed E-state index contributed by atoms with van der Waals surface area (Å²) in [6, 6.07) is 7.85. The number of amides is 1. The average Bonchev–Trinajstić information content (AvgIpc) is 2.34. The van der Waals surface area contributed by atoms with Crippen LogP contribution in [0, 0.1) is 5.92 Å². The molecule has 0 bridgehead atoms. The number of halogens is 2. The average molecular weight is 350 g/mol. The first-order chi connectivity index (χ1) is 8.52. The third-order valence-electron chi connectivity index (χ3n) is 2.75. The first-order valence-corrected chi connectivity index (χ1v) is 7.01. The Hall–Kier alpha value is -0.580. The standard InChI is InChI=1S/C14H21BrN2O.ClH/c1-10(2)8-13(16-3)14(18)17-9-11-4-6-12(15)7-5-11;/h4-7,10,13,16H,8-9H2,1-3H3,(H,17,18);1H. The van der Waals surface area contributed by atoms with E-state index in [0.717, 1.165) is 16.5 Å². The zero-order valence-electron chi connectivity index (χ0n) is 11.6. The number of rotatable bonds is 6. The van der Waals surface area contributed by atoms with Crippen LogP contribution >= 0.6 is 28.3 Å². The molecule has 0 aliphatic rings. The second-order valence-corrected chi connectivity index (χ2v) is 5.73. The van der Waals surface area contributed by atoms with E-state index in [9.17, 15) is 4.79 Å². The molecule has 0 fully saturated rings. The van der Waals surface area contributed by atoms with Gasteiger partial charge in [0.2, 0.25) is 5.91 Å². The summed E-state index contributed by atoms with van der Waals surface area (Å²) in [5, 5.41) is 6.02. The topological polar surface area (TPSA) is 41.1 Å². The van der Waals surface area contributed by atoms with Crippen molar-refractivity contribution in [1.82, 2.24) is 10.6 Å². The SMILES string of the molecule is CNC(CC(C)C)C(=O)NCc1ccc(Br)cc1.Cl. The lowest BCUT2D eigenvalue weighted by molar-refractivity contribution is -0.123. The van der Waals surface area contributed by atoms with Crippen molar-refractivity contribution in [2.24, 2.45) is 5.92 Å². The minimum Gasteiger partial charge on any atom is -0.351 e. The van der Waals surface area contributed by atoms with Gasteiger partial charge in [-0.05, 0) is 37.1 Å². The third-order valence-corrected chi connectivity index (χ3v) is 3.28. The minimum absolute atomic E-state index is 0. The molecule has 19 heavy (non-hydrogen) atoms. The first-order valence-electron chi connectivity index (χ1n) is 6.22. The summed E-state index contributed by atoms with van der Waals surface area (Å²) < 4.78 is 1.05. The molecule has 2 N–H and O–H groups in total. The maximum atomic E-state index is 12.0. The monoisotopic (exact) mass is 348 g/mol. The molecule has 1 atom stereocenters. The van der Waals surface area contributed by atoms with Crippen LogP contribution in [0.5, 0.6) is 0 Å². The van der Waals surface area contributed by atoms with Gasteiger partial charge in [0.05, 0.1) is 6.04 Å². The highest BCUT2D eigenvalue weighted by atomic mass is 79.9. The molecule has 108 valence electrons. The molecule has 0 radical (unpaired) electrons. The van der Waals surface area contributed by atoms with Crippen LogP contribution in [0.25, 0.3) is 0 Å². The highest BCUT2D eigenvalue weighted by molar-refractivity contribution is 9.10. The predicted octanol–water partition coefficient (Wildman–Crippen LogP) is 3.12. The highest BCUT2D eigenvalue weighted by Crippen LogP contribution is 2.10. The third kappa shape index (κ3) is 6.95. The van der Waals surface area contributed by atoms with Gasteiger partial charge in [-0.15, -0.1) is 12.4 Å². The molecule has 0 saturated carbocycles. The Morgan fingerprint density at radius 2 is 1.84 bits per heavy atom. The number of benzene rings is 1. The number of carbonyl (C=O) groups excluding carboxylic acids is 1. The van der Waals surface area contributed by atoms with E-state index in [2.05, 4.69) is 40.4 Å². The molecular weight excluding hydrogens is 328 g/mol. The smallest absolute Gasteiger partial charge is 0.237 e. The van der Waals surface area contributed by atoms with Crippen molar-refractivity contribution in [2.75, 3.05) is 7.05 Å². The summed E-state index contributed by atoms with van der Waals surface area (Å²) in [6.07, 6.45) is 0.850. The zero-order valence-corrected chi connectivity index (χ0v) is 14.0. The number of likely N-dealkylation sites (N-methyl/N-ethyl adjacent to an activating group) is 1. The normalized spacial score (nSPS) is 11.8.